The lowest BCUT2D eigenvalue weighted by Gasteiger charge is -2.39. The first-order chi connectivity index (χ1) is 20.3. The Morgan fingerprint density at radius 3 is 2.60 bits per heavy atom. The third-order valence-corrected chi connectivity index (χ3v) is 8.38. The number of ether oxygens (including phenoxy) is 1. The largest absolute Gasteiger partial charge is 0.462 e. The quantitative estimate of drug-likeness (QED) is 0.265. The Balaban J connectivity index is 1.43. The van der Waals surface area contributed by atoms with Gasteiger partial charge in [0, 0.05) is 55.9 Å². The van der Waals surface area contributed by atoms with Crippen molar-refractivity contribution in [2.24, 2.45) is 0 Å². The van der Waals surface area contributed by atoms with Gasteiger partial charge in [-0.2, -0.15) is 9.97 Å². The smallest absolute Gasteiger partial charge is 0.319 e. The van der Waals surface area contributed by atoms with E-state index in [1.54, 1.807) is 24.3 Å². The molecule has 1 atom stereocenters. The van der Waals surface area contributed by atoms with Gasteiger partial charge in [-0.1, -0.05) is 49.4 Å². The van der Waals surface area contributed by atoms with E-state index in [0.717, 1.165) is 19.5 Å². The molecular weight excluding hydrogens is 569 g/mol. The summed E-state index contributed by atoms with van der Waals surface area (Å²) in [7, 11) is 0. The summed E-state index contributed by atoms with van der Waals surface area (Å²) in [6.45, 7) is 8.49. The van der Waals surface area contributed by atoms with Gasteiger partial charge in [0.25, 0.3) is 5.91 Å². The number of likely N-dealkylation sites (N-methyl/N-ethyl adjacent to an activating group) is 1. The Kier molecular flexibility index (Phi) is 7.63. The van der Waals surface area contributed by atoms with Gasteiger partial charge in [0.15, 0.2) is 11.6 Å². The fourth-order valence-electron chi connectivity index (χ4n) is 5.58. The van der Waals surface area contributed by atoms with Crippen LogP contribution in [0.1, 0.15) is 13.3 Å². The van der Waals surface area contributed by atoms with Crippen molar-refractivity contribution in [1.29, 1.82) is 0 Å². The molecule has 2 aromatic heterocycles. The summed E-state index contributed by atoms with van der Waals surface area (Å²) in [4.78, 5) is 31.1. The zero-order chi connectivity index (χ0) is 29.5. The van der Waals surface area contributed by atoms with E-state index in [-0.39, 0.29) is 41.4 Å². The number of amides is 1. The van der Waals surface area contributed by atoms with Crippen molar-refractivity contribution in [2.75, 3.05) is 50.8 Å². The number of anilines is 1. The van der Waals surface area contributed by atoms with Gasteiger partial charge in [-0.15, -0.1) is 0 Å². The molecule has 4 heterocycles. The average molecular weight is 597 g/mol. The molecule has 6 rings (SSSR count). The number of likely N-dealkylation sites (tertiary alicyclic amines) is 1. The number of halogens is 4. The number of nitrogens with zero attached hydrogens (tertiary/aromatic N) is 6. The van der Waals surface area contributed by atoms with E-state index < -0.39 is 23.4 Å². The number of hydrogen-bond acceptors (Lipinski definition) is 7. The highest BCUT2D eigenvalue weighted by atomic mass is 35.5. The molecule has 1 amide bonds. The lowest BCUT2D eigenvalue weighted by atomic mass is 10.0. The van der Waals surface area contributed by atoms with Gasteiger partial charge in [0.05, 0.1) is 10.4 Å². The van der Waals surface area contributed by atoms with Crippen LogP contribution < -0.4 is 9.64 Å². The number of aromatic nitrogens is 3. The summed E-state index contributed by atoms with van der Waals surface area (Å²) in [6.07, 6.45) is 2.45. The van der Waals surface area contributed by atoms with Crippen molar-refractivity contribution in [2.45, 2.75) is 19.4 Å². The number of pyridine rings is 1. The topological polar surface area (TPSA) is 74.7 Å². The number of fused-ring (bicyclic) bond motifs is 2. The van der Waals surface area contributed by atoms with Gasteiger partial charge in [-0.3, -0.25) is 14.7 Å². The van der Waals surface area contributed by atoms with Gasteiger partial charge >= 0.3 is 6.01 Å². The van der Waals surface area contributed by atoms with Gasteiger partial charge in [0.2, 0.25) is 0 Å². The number of carbonyl (C=O) groups is 1. The molecule has 4 aromatic rings. The second kappa shape index (κ2) is 11.4. The van der Waals surface area contributed by atoms with E-state index in [4.69, 9.17) is 16.3 Å². The molecule has 2 aromatic carbocycles. The SMILES string of the molecule is C=C(F)C(=O)N1CCN(c2nc(OCC3CCN3CC)nc3c(F)c(-c4cccc5ccc(F)c(Cl)c45)ncc23)CC1. The molecule has 0 N–H and O–H groups in total. The number of rotatable bonds is 7. The van der Waals surface area contributed by atoms with Gasteiger partial charge in [-0.25, -0.2) is 13.2 Å². The van der Waals surface area contributed by atoms with E-state index >= 15 is 4.39 Å². The van der Waals surface area contributed by atoms with Crippen molar-refractivity contribution in [3.8, 4) is 17.3 Å². The van der Waals surface area contributed by atoms with Gasteiger partial charge in [0.1, 0.15) is 29.5 Å². The predicted molar refractivity (Wildman–Crippen MR) is 155 cm³/mol. The van der Waals surface area contributed by atoms with E-state index in [1.165, 1.54) is 17.2 Å². The standard InChI is InChI=1S/C30H28ClF3N6O2/c1-3-38-10-9-19(38)16-42-30-36-27-21(28(37-30)39-11-13-40(14-12-39)29(41)17(2)32)15-35-26(25(27)34)20-6-4-5-18-7-8-22(33)24(31)23(18)20/h4-8,15,19H,2-3,9-14,16H2,1H3. The zero-order valence-corrected chi connectivity index (χ0v) is 23.7. The lowest BCUT2D eigenvalue weighted by Crippen LogP contribution is -2.50. The highest BCUT2D eigenvalue weighted by Crippen LogP contribution is 2.38. The Bertz CT molecular complexity index is 1710. The first-order valence-corrected chi connectivity index (χ1v) is 14.1. The fraction of sp³-hybridized carbons (Fsp3) is 0.333. The molecule has 0 radical (unpaired) electrons. The second-order valence-corrected chi connectivity index (χ2v) is 10.7. The minimum Gasteiger partial charge on any atom is -0.462 e. The first-order valence-electron chi connectivity index (χ1n) is 13.8. The third kappa shape index (κ3) is 5.00. The Hall–Kier alpha value is -3.96. The number of piperazine rings is 1. The van der Waals surface area contributed by atoms with Crippen LogP contribution in [-0.2, 0) is 4.79 Å². The maximum absolute atomic E-state index is 16.4. The molecule has 8 nitrogen and oxygen atoms in total. The summed E-state index contributed by atoms with van der Waals surface area (Å²) >= 11 is 6.33. The van der Waals surface area contributed by atoms with Crippen LogP contribution in [-0.4, -0.2) is 82.6 Å². The van der Waals surface area contributed by atoms with Crippen molar-refractivity contribution in [1.82, 2.24) is 24.8 Å². The number of benzene rings is 2. The Labute approximate surface area is 245 Å². The summed E-state index contributed by atoms with van der Waals surface area (Å²) in [6, 6.07) is 8.18. The van der Waals surface area contributed by atoms with Crippen LogP contribution in [0.2, 0.25) is 5.02 Å². The molecule has 0 spiro atoms. The summed E-state index contributed by atoms with van der Waals surface area (Å²) in [5.41, 5.74) is 0.274. The third-order valence-electron chi connectivity index (χ3n) is 8.01. The van der Waals surface area contributed by atoms with Gasteiger partial charge < -0.3 is 14.5 Å². The monoisotopic (exact) mass is 596 g/mol. The average Bonchev–Trinajstić information content (AvgIpc) is 2.98. The van der Waals surface area contributed by atoms with E-state index in [0.29, 0.717) is 47.2 Å². The van der Waals surface area contributed by atoms with Crippen LogP contribution in [0, 0.1) is 11.6 Å². The molecule has 1 unspecified atom stereocenters. The molecule has 0 saturated carbocycles. The molecule has 218 valence electrons. The minimum atomic E-state index is -1.02. The minimum absolute atomic E-state index is 0.00846. The van der Waals surface area contributed by atoms with Crippen molar-refractivity contribution >= 4 is 45.0 Å². The van der Waals surface area contributed by atoms with Crippen LogP contribution in [0.5, 0.6) is 6.01 Å². The Morgan fingerprint density at radius 1 is 1.12 bits per heavy atom. The fourth-order valence-corrected chi connectivity index (χ4v) is 5.86. The van der Waals surface area contributed by atoms with Crippen LogP contribution >= 0.6 is 11.6 Å². The normalized spacial score (nSPS) is 17.5. The molecule has 0 bridgehead atoms. The van der Waals surface area contributed by atoms with Crippen LogP contribution in [0.15, 0.2) is 48.9 Å². The van der Waals surface area contributed by atoms with Crippen LogP contribution in [0.25, 0.3) is 32.9 Å². The van der Waals surface area contributed by atoms with Crippen LogP contribution in [0.3, 0.4) is 0 Å². The molecule has 2 aliphatic rings. The highest BCUT2D eigenvalue weighted by Gasteiger charge is 2.29. The summed E-state index contributed by atoms with van der Waals surface area (Å²) in [5.74, 6) is -2.73. The predicted octanol–water partition coefficient (Wildman–Crippen LogP) is 5.38. The summed E-state index contributed by atoms with van der Waals surface area (Å²) in [5, 5.41) is 1.20. The molecule has 2 aliphatic heterocycles. The summed E-state index contributed by atoms with van der Waals surface area (Å²) < 4.78 is 50.3. The van der Waals surface area contributed by atoms with Crippen molar-refractivity contribution in [3.63, 3.8) is 0 Å². The van der Waals surface area contributed by atoms with Crippen LogP contribution in [0.4, 0.5) is 19.0 Å². The maximum Gasteiger partial charge on any atom is 0.319 e. The van der Waals surface area contributed by atoms with E-state index in [2.05, 4.69) is 33.4 Å². The Morgan fingerprint density at radius 2 is 1.90 bits per heavy atom. The van der Waals surface area contributed by atoms with E-state index in [1.807, 2.05) is 4.90 Å². The maximum atomic E-state index is 16.4. The second-order valence-electron chi connectivity index (χ2n) is 10.3. The zero-order valence-electron chi connectivity index (χ0n) is 22.9. The number of hydrogen-bond donors (Lipinski definition) is 0. The lowest BCUT2D eigenvalue weighted by molar-refractivity contribution is -0.128. The first kappa shape index (κ1) is 28.2. The number of carbonyl (C=O) groups excluding carboxylic acids is 1. The molecule has 2 saturated heterocycles. The highest BCUT2D eigenvalue weighted by molar-refractivity contribution is 6.36. The van der Waals surface area contributed by atoms with Crippen molar-refractivity contribution < 1.29 is 22.7 Å². The molecular formula is C30H28ClF3N6O2. The molecule has 2 fully saturated rings. The van der Waals surface area contributed by atoms with Gasteiger partial charge in [-0.05, 0) is 24.4 Å². The molecule has 0 aliphatic carbocycles. The molecule has 42 heavy (non-hydrogen) atoms. The van der Waals surface area contributed by atoms with Crippen molar-refractivity contribution in [3.05, 3.63) is 65.6 Å². The van der Waals surface area contributed by atoms with E-state index in [9.17, 15) is 13.6 Å². The molecule has 12 heteroatoms.